The molecule has 2 aliphatic rings. The summed E-state index contributed by atoms with van der Waals surface area (Å²) < 4.78 is 18.8. The maximum atomic E-state index is 11.8. The van der Waals surface area contributed by atoms with Gasteiger partial charge in [-0.05, 0) is 80.0 Å². The summed E-state index contributed by atoms with van der Waals surface area (Å²) in [6, 6.07) is 20.7. The summed E-state index contributed by atoms with van der Waals surface area (Å²) in [5, 5.41) is 22.6. The summed E-state index contributed by atoms with van der Waals surface area (Å²) in [6.45, 7) is 15.2. The van der Waals surface area contributed by atoms with Crippen LogP contribution in [0.25, 0.3) is 11.1 Å². The molecule has 0 aliphatic carbocycles. The lowest BCUT2D eigenvalue weighted by Gasteiger charge is -2.37. The lowest BCUT2D eigenvalue weighted by Crippen LogP contribution is -2.43. The monoisotopic (exact) mass is 587 g/mol. The summed E-state index contributed by atoms with van der Waals surface area (Å²) >= 11 is 0. The van der Waals surface area contributed by atoms with Crippen molar-refractivity contribution in [2.24, 2.45) is 0 Å². The average Bonchev–Trinajstić information content (AvgIpc) is 2.97. The predicted octanol–water partition coefficient (Wildman–Crippen LogP) is 7.68. The van der Waals surface area contributed by atoms with E-state index in [0.29, 0.717) is 17.9 Å². The normalized spacial score (nSPS) is 16.9. The highest BCUT2D eigenvalue weighted by atomic mass is 28.4. The zero-order valence-corrected chi connectivity index (χ0v) is 26.7. The second kappa shape index (κ2) is 12.5. The molecule has 1 saturated heterocycles. The van der Waals surface area contributed by atoms with Crippen molar-refractivity contribution in [3.8, 4) is 23.0 Å². The van der Waals surface area contributed by atoms with Crippen molar-refractivity contribution >= 4 is 19.5 Å². The van der Waals surface area contributed by atoms with E-state index in [1.165, 1.54) is 19.3 Å². The van der Waals surface area contributed by atoms with Crippen LogP contribution in [0.2, 0.25) is 18.1 Å². The van der Waals surface area contributed by atoms with Crippen LogP contribution < -0.4 is 13.9 Å². The number of rotatable bonds is 9. The highest BCUT2D eigenvalue weighted by Crippen LogP contribution is 2.47. The quantitative estimate of drug-likeness (QED) is 0.250. The van der Waals surface area contributed by atoms with Gasteiger partial charge in [0.15, 0.2) is 0 Å². The molecule has 3 aromatic carbocycles. The summed E-state index contributed by atoms with van der Waals surface area (Å²) in [7, 11) is -2.05. The standard InChI is InChI=1S/C35H45NO5Si/c1-35(2,3)42(4,5)41-27-17-18-29-32(23-27)40-24-30(28-11-7-8-12-31(28)37)33(29)34(38)25-13-15-26(16-14-25)39-22-21-36-19-9-6-10-20-36/h7-8,11-18,23,34,37-38H,6,9-10,19-22,24H2,1-5H3. The molecular weight excluding hydrogens is 542 g/mol. The Bertz CT molecular complexity index is 1400. The molecule has 3 aromatic rings. The van der Waals surface area contributed by atoms with Crippen LogP contribution in [0.4, 0.5) is 0 Å². The van der Waals surface area contributed by atoms with Gasteiger partial charge in [-0.15, -0.1) is 0 Å². The van der Waals surface area contributed by atoms with E-state index in [-0.39, 0.29) is 17.4 Å². The van der Waals surface area contributed by atoms with Crippen molar-refractivity contribution in [2.45, 2.75) is 64.3 Å². The first kappa shape index (κ1) is 30.2. The van der Waals surface area contributed by atoms with Gasteiger partial charge in [0.25, 0.3) is 0 Å². The van der Waals surface area contributed by atoms with E-state index in [9.17, 15) is 10.2 Å². The number of phenols is 1. The number of fused-ring (bicyclic) bond motifs is 1. The van der Waals surface area contributed by atoms with Gasteiger partial charge in [0.2, 0.25) is 8.32 Å². The van der Waals surface area contributed by atoms with Crippen molar-refractivity contribution in [1.82, 2.24) is 4.90 Å². The van der Waals surface area contributed by atoms with Gasteiger partial charge in [0.05, 0.1) is 0 Å². The largest absolute Gasteiger partial charge is 0.543 e. The molecule has 1 atom stereocenters. The van der Waals surface area contributed by atoms with E-state index in [1.807, 2.05) is 54.6 Å². The Kier molecular flexibility index (Phi) is 9.02. The van der Waals surface area contributed by atoms with E-state index in [0.717, 1.165) is 53.4 Å². The van der Waals surface area contributed by atoms with Crippen molar-refractivity contribution < 1.29 is 24.1 Å². The maximum absolute atomic E-state index is 11.8. The van der Waals surface area contributed by atoms with Crippen LogP contribution in [-0.2, 0) is 0 Å². The minimum Gasteiger partial charge on any atom is -0.543 e. The molecule has 2 heterocycles. The molecule has 2 N–H and O–H groups in total. The molecule has 1 unspecified atom stereocenters. The van der Waals surface area contributed by atoms with Crippen LogP contribution in [0.15, 0.2) is 66.7 Å². The Labute approximate surface area is 251 Å². The zero-order valence-electron chi connectivity index (χ0n) is 25.7. The van der Waals surface area contributed by atoms with Gasteiger partial charge in [0.1, 0.15) is 42.3 Å². The minimum atomic E-state index is -2.05. The fourth-order valence-corrected chi connectivity index (χ4v) is 6.42. The fraction of sp³-hybridized carbons (Fsp3) is 0.429. The number of aromatic hydroxyl groups is 1. The van der Waals surface area contributed by atoms with Crippen LogP contribution in [0.3, 0.4) is 0 Å². The van der Waals surface area contributed by atoms with Crippen molar-refractivity contribution in [2.75, 3.05) is 32.8 Å². The summed E-state index contributed by atoms with van der Waals surface area (Å²) in [6.07, 6.45) is 2.93. The van der Waals surface area contributed by atoms with Crippen LogP contribution >= 0.6 is 0 Å². The Balaban J connectivity index is 1.42. The van der Waals surface area contributed by atoms with Gasteiger partial charge in [0, 0.05) is 34.9 Å². The molecule has 0 bridgehead atoms. The molecular formula is C35H45NO5Si. The molecule has 42 heavy (non-hydrogen) atoms. The second-order valence-corrected chi connectivity index (χ2v) is 17.7. The molecule has 2 aliphatic heterocycles. The average molecular weight is 588 g/mol. The number of hydrogen-bond acceptors (Lipinski definition) is 6. The topological polar surface area (TPSA) is 71.4 Å². The minimum absolute atomic E-state index is 0.0620. The molecule has 0 radical (unpaired) electrons. The highest BCUT2D eigenvalue weighted by Gasteiger charge is 2.39. The number of para-hydroxylation sites is 1. The lowest BCUT2D eigenvalue weighted by molar-refractivity contribution is 0.183. The van der Waals surface area contributed by atoms with Crippen LogP contribution in [0.1, 0.15) is 62.8 Å². The Morgan fingerprint density at radius 3 is 2.29 bits per heavy atom. The molecule has 6 nitrogen and oxygen atoms in total. The number of ether oxygens (including phenoxy) is 2. The zero-order chi connectivity index (χ0) is 29.9. The van der Waals surface area contributed by atoms with Crippen LogP contribution in [-0.4, -0.2) is 56.3 Å². The molecule has 224 valence electrons. The molecule has 0 amide bonds. The Morgan fingerprint density at radius 2 is 1.60 bits per heavy atom. The Morgan fingerprint density at radius 1 is 0.905 bits per heavy atom. The van der Waals surface area contributed by atoms with Gasteiger partial charge < -0.3 is 24.1 Å². The Hall–Kier alpha value is -3.26. The number of hydrogen-bond donors (Lipinski definition) is 2. The summed E-state index contributed by atoms with van der Waals surface area (Å²) in [5.74, 6) is 2.38. The molecule has 7 heteroatoms. The first-order chi connectivity index (χ1) is 20.0. The van der Waals surface area contributed by atoms with E-state index < -0.39 is 14.4 Å². The number of nitrogens with zero attached hydrogens (tertiary/aromatic N) is 1. The van der Waals surface area contributed by atoms with Crippen LogP contribution in [0, 0.1) is 0 Å². The third kappa shape index (κ3) is 6.69. The van der Waals surface area contributed by atoms with Crippen molar-refractivity contribution in [3.63, 3.8) is 0 Å². The third-order valence-corrected chi connectivity index (χ3v) is 13.3. The predicted molar refractivity (Wildman–Crippen MR) is 172 cm³/mol. The number of aliphatic hydroxyl groups is 1. The van der Waals surface area contributed by atoms with Crippen molar-refractivity contribution in [1.29, 1.82) is 0 Å². The summed E-state index contributed by atoms with van der Waals surface area (Å²) in [5.41, 5.74) is 3.66. The first-order valence-electron chi connectivity index (χ1n) is 15.1. The first-order valence-corrected chi connectivity index (χ1v) is 18.1. The molecule has 0 spiro atoms. The summed E-state index contributed by atoms with van der Waals surface area (Å²) in [4.78, 5) is 2.46. The van der Waals surface area contributed by atoms with Gasteiger partial charge in [-0.1, -0.05) is 57.5 Å². The van der Waals surface area contributed by atoms with Gasteiger partial charge >= 0.3 is 0 Å². The van der Waals surface area contributed by atoms with Crippen LogP contribution in [0.5, 0.6) is 23.0 Å². The van der Waals surface area contributed by atoms with E-state index in [1.54, 1.807) is 12.1 Å². The number of benzene rings is 3. The molecule has 0 saturated carbocycles. The maximum Gasteiger partial charge on any atom is 0.250 e. The van der Waals surface area contributed by atoms with Gasteiger partial charge in [-0.2, -0.15) is 0 Å². The molecule has 1 fully saturated rings. The van der Waals surface area contributed by atoms with E-state index >= 15 is 0 Å². The number of phenolic OH excluding ortho intramolecular Hbond substituents is 1. The van der Waals surface area contributed by atoms with Gasteiger partial charge in [-0.25, -0.2) is 0 Å². The van der Waals surface area contributed by atoms with E-state index in [4.69, 9.17) is 13.9 Å². The van der Waals surface area contributed by atoms with Crippen molar-refractivity contribution in [3.05, 3.63) is 83.4 Å². The van der Waals surface area contributed by atoms with E-state index in [2.05, 4.69) is 38.8 Å². The molecule has 0 aromatic heterocycles. The smallest absolute Gasteiger partial charge is 0.250 e. The molecule has 5 rings (SSSR count). The number of piperidine rings is 1. The lowest BCUT2D eigenvalue weighted by atomic mass is 9.86. The van der Waals surface area contributed by atoms with Gasteiger partial charge in [-0.3, -0.25) is 4.90 Å². The fourth-order valence-electron chi connectivity index (χ4n) is 5.40. The third-order valence-electron chi connectivity index (χ3n) is 8.94. The second-order valence-electron chi connectivity index (χ2n) is 12.9. The number of likely N-dealkylation sites (tertiary alicyclic amines) is 1. The SMILES string of the molecule is CC(C)(C)[Si](C)(C)Oc1ccc2c(c1)OCC(c1ccccc1O)=C2C(O)c1ccc(OCCN2CCCCC2)cc1. The number of aliphatic hydroxyl groups excluding tert-OH is 1. The highest BCUT2D eigenvalue weighted by molar-refractivity contribution is 6.74.